The minimum Gasteiger partial charge on any atom is -0.320 e. The molecule has 0 fully saturated rings. The van der Waals surface area contributed by atoms with E-state index < -0.39 is 0 Å². The first-order chi connectivity index (χ1) is 9.52. The number of halogens is 2. The molecule has 2 rings (SSSR count). The molecule has 2 aromatic carbocycles. The van der Waals surface area contributed by atoms with E-state index in [2.05, 4.69) is 38.1 Å². The maximum absolute atomic E-state index is 6.30. The monoisotopic (exact) mass is 307 g/mol. The molecule has 0 saturated heterocycles. The van der Waals surface area contributed by atoms with Crippen LogP contribution in [0.5, 0.6) is 0 Å². The summed E-state index contributed by atoms with van der Waals surface area (Å²) in [6, 6.07) is 13.7. The summed E-state index contributed by atoms with van der Waals surface area (Å²) in [6.07, 6.45) is 1.13. The van der Waals surface area contributed by atoms with E-state index in [0.717, 1.165) is 17.5 Å². The Kier molecular flexibility index (Phi) is 5.09. The summed E-state index contributed by atoms with van der Waals surface area (Å²) >= 11 is 12.1. The molecule has 2 atom stereocenters. The Morgan fingerprint density at radius 2 is 1.60 bits per heavy atom. The Morgan fingerprint density at radius 3 is 2.15 bits per heavy atom. The standard InChI is InChI=1S/C17H19Cl2N/c1-3-11(2)12-4-6-13(7-5-12)17(20)15-9-8-14(18)10-16(15)19/h4-11,17H,3,20H2,1-2H3. The smallest absolute Gasteiger partial charge is 0.0566 e. The van der Waals surface area contributed by atoms with E-state index in [0.29, 0.717) is 16.0 Å². The molecule has 0 bridgehead atoms. The molecular formula is C17H19Cl2N. The lowest BCUT2D eigenvalue weighted by molar-refractivity contribution is 0.732. The van der Waals surface area contributed by atoms with Gasteiger partial charge in [-0.05, 0) is 41.2 Å². The molecule has 2 unspecified atom stereocenters. The molecule has 2 N–H and O–H groups in total. The van der Waals surface area contributed by atoms with E-state index in [9.17, 15) is 0 Å². The summed E-state index contributed by atoms with van der Waals surface area (Å²) < 4.78 is 0. The number of nitrogens with two attached hydrogens (primary N) is 1. The van der Waals surface area contributed by atoms with Gasteiger partial charge in [-0.25, -0.2) is 0 Å². The van der Waals surface area contributed by atoms with Crippen LogP contribution in [0.3, 0.4) is 0 Å². The highest BCUT2D eigenvalue weighted by atomic mass is 35.5. The Morgan fingerprint density at radius 1 is 1.00 bits per heavy atom. The third-order valence-corrected chi connectivity index (χ3v) is 4.34. The van der Waals surface area contributed by atoms with E-state index in [4.69, 9.17) is 28.9 Å². The van der Waals surface area contributed by atoms with Crippen molar-refractivity contribution in [1.82, 2.24) is 0 Å². The second-order valence-electron chi connectivity index (χ2n) is 5.12. The van der Waals surface area contributed by atoms with Gasteiger partial charge in [-0.1, -0.05) is 67.4 Å². The molecular weight excluding hydrogens is 289 g/mol. The van der Waals surface area contributed by atoms with Crippen LogP contribution >= 0.6 is 23.2 Å². The summed E-state index contributed by atoms with van der Waals surface area (Å²) in [5.41, 5.74) is 9.59. The molecule has 106 valence electrons. The summed E-state index contributed by atoms with van der Waals surface area (Å²) in [4.78, 5) is 0. The van der Waals surface area contributed by atoms with Gasteiger partial charge in [0.05, 0.1) is 6.04 Å². The van der Waals surface area contributed by atoms with Gasteiger partial charge < -0.3 is 5.73 Å². The SMILES string of the molecule is CCC(C)c1ccc(C(N)c2ccc(Cl)cc2Cl)cc1. The highest BCUT2D eigenvalue weighted by molar-refractivity contribution is 6.35. The number of hydrogen-bond donors (Lipinski definition) is 1. The molecule has 0 aliphatic heterocycles. The van der Waals surface area contributed by atoms with Gasteiger partial charge in [-0.3, -0.25) is 0 Å². The Hall–Kier alpha value is -1.02. The van der Waals surface area contributed by atoms with Gasteiger partial charge in [0.1, 0.15) is 0 Å². The lowest BCUT2D eigenvalue weighted by Gasteiger charge is -2.16. The van der Waals surface area contributed by atoms with Crippen LogP contribution in [0.25, 0.3) is 0 Å². The first-order valence-corrected chi connectivity index (χ1v) is 7.59. The maximum Gasteiger partial charge on any atom is 0.0566 e. The number of hydrogen-bond acceptors (Lipinski definition) is 1. The highest BCUT2D eigenvalue weighted by Crippen LogP contribution is 2.29. The second kappa shape index (κ2) is 6.62. The van der Waals surface area contributed by atoms with Crippen molar-refractivity contribution in [3.8, 4) is 0 Å². The van der Waals surface area contributed by atoms with Crippen molar-refractivity contribution in [2.45, 2.75) is 32.2 Å². The topological polar surface area (TPSA) is 26.0 Å². The summed E-state index contributed by atoms with van der Waals surface area (Å²) in [5.74, 6) is 0.569. The van der Waals surface area contributed by atoms with Gasteiger partial charge in [0.25, 0.3) is 0 Å². The largest absolute Gasteiger partial charge is 0.320 e. The molecule has 0 heterocycles. The summed E-state index contributed by atoms with van der Waals surface area (Å²) in [5, 5.41) is 1.23. The fourth-order valence-corrected chi connectivity index (χ4v) is 2.73. The van der Waals surface area contributed by atoms with E-state index in [1.54, 1.807) is 6.07 Å². The fourth-order valence-electron chi connectivity index (χ4n) is 2.20. The zero-order valence-electron chi connectivity index (χ0n) is 11.7. The number of benzene rings is 2. The van der Waals surface area contributed by atoms with E-state index >= 15 is 0 Å². The molecule has 0 spiro atoms. The molecule has 20 heavy (non-hydrogen) atoms. The third-order valence-electron chi connectivity index (χ3n) is 3.77. The van der Waals surface area contributed by atoms with Gasteiger partial charge in [0.2, 0.25) is 0 Å². The predicted molar refractivity (Wildman–Crippen MR) is 87.6 cm³/mol. The van der Waals surface area contributed by atoms with E-state index in [-0.39, 0.29) is 6.04 Å². The van der Waals surface area contributed by atoms with Crippen LogP contribution in [0, 0.1) is 0 Å². The van der Waals surface area contributed by atoms with E-state index in [1.807, 2.05) is 12.1 Å². The van der Waals surface area contributed by atoms with Crippen LogP contribution in [-0.4, -0.2) is 0 Å². The zero-order valence-corrected chi connectivity index (χ0v) is 13.2. The molecule has 2 aromatic rings. The summed E-state index contributed by atoms with van der Waals surface area (Å²) in [6.45, 7) is 4.42. The third kappa shape index (κ3) is 3.35. The maximum atomic E-state index is 6.30. The van der Waals surface area contributed by atoms with Crippen molar-refractivity contribution in [3.63, 3.8) is 0 Å². The molecule has 0 aliphatic carbocycles. The molecule has 0 amide bonds. The minimum absolute atomic E-state index is 0.231. The minimum atomic E-state index is -0.231. The van der Waals surface area contributed by atoms with Crippen molar-refractivity contribution < 1.29 is 0 Å². The average molecular weight is 308 g/mol. The molecule has 0 aromatic heterocycles. The van der Waals surface area contributed by atoms with Gasteiger partial charge in [-0.15, -0.1) is 0 Å². The van der Waals surface area contributed by atoms with Crippen LogP contribution in [0.1, 0.15) is 48.9 Å². The molecule has 3 heteroatoms. The van der Waals surface area contributed by atoms with Crippen molar-refractivity contribution >= 4 is 23.2 Å². The van der Waals surface area contributed by atoms with Crippen LogP contribution in [0.4, 0.5) is 0 Å². The van der Waals surface area contributed by atoms with Crippen LogP contribution < -0.4 is 5.73 Å². The molecule has 1 nitrogen and oxygen atoms in total. The quantitative estimate of drug-likeness (QED) is 0.786. The fraction of sp³-hybridized carbons (Fsp3) is 0.294. The van der Waals surface area contributed by atoms with Gasteiger partial charge >= 0.3 is 0 Å². The van der Waals surface area contributed by atoms with Crippen molar-refractivity contribution in [3.05, 3.63) is 69.2 Å². The average Bonchev–Trinajstić information content (AvgIpc) is 2.46. The van der Waals surface area contributed by atoms with E-state index in [1.165, 1.54) is 5.56 Å². The van der Waals surface area contributed by atoms with Gasteiger partial charge in [0.15, 0.2) is 0 Å². The lowest BCUT2D eigenvalue weighted by Crippen LogP contribution is -2.12. The van der Waals surface area contributed by atoms with Crippen LogP contribution in [0.15, 0.2) is 42.5 Å². The number of rotatable bonds is 4. The zero-order chi connectivity index (χ0) is 14.7. The second-order valence-corrected chi connectivity index (χ2v) is 5.96. The highest BCUT2D eigenvalue weighted by Gasteiger charge is 2.13. The first-order valence-electron chi connectivity index (χ1n) is 6.83. The Bertz CT molecular complexity index is 578. The van der Waals surface area contributed by atoms with Crippen LogP contribution in [0.2, 0.25) is 10.0 Å². The first kappa shape index (κ1) is 15.4. The van der Waals surface area contributed by atoms with Crippen molar-refractivity contribution in [2.24, 2.45) is 5.73 Å². The van der Waals surface area contributed by atoms with Crippen molar-refractivity contribution in [1.29, 1.82) is 0 Å². The Balaban J connectivity index is 2.26. The van der Waals surface area contributed by atoms with Crippen molar-refractivity contribution in [2.75, 3.05) is 0 Å². The van der Waals surface area contributed by atoms with Gasteiger partial charge in [-0.2, -0.15) is 0 Å². The summed E-state index contributed by atoms with van der Waals surface area (Å²) in [7, 11) is 0. The van der Waals surface area contributed by atoms with Gasteiger partial charge in [0, 0.05) is 10.0 Å². The molecule has 0 radical (unpaired) electrons. The Labute approximate surface area is 130 Å². The molecule has 0 saturated carbocycles. The predicted octanol–water partition coefficient (Wildman–Crippen LogP) is 5.56. The lowest BCUT2D eigenvalue weighted by atomic mass is 9.94. The normalized spacial score (nSPS) is 14.1. The molecule has 0 aliphatic rings. The van der Waals surface area contributed by atoms with Crippen LogP contribution in [-0.2, 0) is 0 Å².